The fourth-order valence-electron chi connectivity index (χ4n) is 4.56. The molecule has 0 saturated carbocycles. The van der Waals surface area contributed by atoms with Gasteiger partial charge in [-0.2, -0.15) is 13.2 Å². The van der Waals surface area contributed by atoms with Crippen LogP contribution in [0.25, 0.3) is 5.65 Å². The number of anilines is 2. The van der Waals surface area contributed by atoms with Crippen LogP contribution in [0.5, 0.6) is 0 Å². The Labute approximate surface area is 206 Å². The lowest BCUT2D eigenvalue weighted by molar-refractivity contribution is -0.138. The van der Waals surface area contributed by atoms with Crippen molar-refractivity contribution in [3.05, 3.63) is 89.1 Å². The number of alkyl halides is 3. The first-order valence-electron chi connectivity index (χ1n) is 11.5. The van der Waals surface area contributed by atoms with Crippen LogP contribution in [0.4, 0.5) is 24.5 Å². The van der Waals surface area contributed by atoms with Gasteiger partial charge < -0.3 is 15.1 Å². The number of benzene rings is 2. The van der Waals surface area contributed by atoms with Crippen LogP contribution >= 0.6 is 0 Å². The van der Waals surface area contributed by atoms with E-state index in [1.165, 1.54) is 12.1 Å². The summed E-state index contributed by atoms with van der Waals surface area (Å²) in [5.74, 6) is -0.459. The molecule has 0 radical (unpaired) electrons. The van der Waals surface area contributed by atoms with E-state index in [2.05, 4.69) is 20.2 Å². The standard InChI is InChI=1S/C26H25F3N6O/c1-33(2)15-19-5-6-20(12-22(19)26(27,28)29)32-25(36)18-4-3-17-7-9-34(23(17)11-18)16-21-13-31-24-14-30-8-10-35(21)24/h3-6,8,10-14H,7,9,15-16H2,1-2H3,(H,32,36). The van der Waals surface area contributed by atoms with Crippen molar-refractivity contribution in [1.29, 1.82) is 0 Å². The topological polar surface area (TPSA) is 65.8 Å². The van der Waals surface area contributed by atoms with Crippen LogP contribution in [0.1, 0.15) is 32.7 Å². The number of aromatic nitrogens is 3. The molecule has 5 rings (SSSR count). The highest BCUT2D eigenvalue weighted by molar-refractivity contribution is 6.05. The number of carbonyl (C=O) groups excluding carboxylic acids is 1. The highest BCUT2D eigenvalue weighted by Crippen LogP contribution is 2.35. The predicted octanol–water partition coefficient (Wildman–Crippen LogP) is 4.62. The molecule has 1 N–H and O–H groups in total. The van der Waals surface area contributed by atoms with E-state index >= 15 is 0 Å². The van der Waals surface area contributed by atoms with E-state index in [1.807, 2.05) is 22.9 Å². The van der Waals surface area contributed by atoms with Gasteiger partial charge in [-0.15, -0.1) is 0 Å². The average Bonchev–Trinajstić information content (AvgIpc) is 3.43. The number of nitrogens with one attached hydrogen (secondary N) is 1. The number of amides is 1. The summed E-state index contributed by atoms with van der Waals surface area (Å²) in [4.78, 5) is 25.3. The van der Waals surface area contributed by atoms with Crippen LogP contribution in [0, 0.1) is 0 Å². The maximum absolute atomic E-state index is 13.6. The van der Waals surface area contributed by atoms with Gasteiger partial charge in [0.05, 0.1) is 30.2 Å². The van der Waals surface area contributed by atoms with Crippen LogP contribution < -0.4 is 10.2 Å². The Morgan fingerprint density at radius 2 is 1.97 bits per heavy atom. The van der Waals surface area contributed by atoms with Crippen LogP contribution in [0.2, 0.25) is 0 Å². The average molecular weight is 495 g/mol. The van der Waals surface area contributed by atoms with Crippen LogP contribution in [0.3, 0.4) is 0 Å². The van der Waals surface area contributed by atoms with Gasteiger partial charge in [0, 0.05) is 42.4 Å². The summed E-state index contributed by atoms with van der Waals surface area (Å²) < 4.78 is 42.9. The number of carbonyl (C=O) groups is 1. The molecular weight excluding hydrogens is 469 g/mol. The Morgan fingerprint density at radius 1 is 1.14 bits per heavy atom. The summed E-state index contributed by atoms with van der Waals surface area (Å²) in [5.41, 5.74) is 3.69. The van der Waals surface area contributed by atoms with Gasteiger partial charge in [-0.3, -0.25) is 14.2 Å². The Balaban J connectivity index is 1.37. The fraction of sp³-hybridized carbons (Fsp3) is 0.269. The number of rotatable bonds is 6. The Morgan fingerprint density at radius 3 is 2.75 bits per heavy atom. The van der Waals surface area contributed by atoms with Crippen molar-refractivity contribution in [2.45, 2.75) is 25.7 Å². The molecule has 0 spiro atoms. The minimum absolute atomic E-state index is 0.103. The first kappa shape index (κ1) is 23.8. The molecule has 10 heteroatoms. The second kappa shape index (κ2) is 9.27. The molecule has 2 aromatic carbocycles. The van der Waals surface area contributed by atoms with E-state index in [1.54, 1.807) is 43.5 Å². The summed E-state index contributed by atoms with van der Waals surface area (Å²) in [6.45, 7) is 1.54. The molecule has 0 aliphatic carbocycles. The lowest BCUT2D eigenvalue weighted by atomic mass is 10.0. The van der Waals surface area contributed by atoms with Crippen molar-refractivity contribution in [1.82, 2.24) is 19.3 Å². The van der Waals surface area contributed by atoms with Gasteiger partial charge in [-0.25, -0.2) is 4.98 Å². The molecular formula is C26H25F3N6O. The first-order chi connectivity index (χ1) is 17.2. The molecule has 36 heavy (non-hydrogen) atoms. The third-order valence-electron chi connectivity index (χ3n) is 6.25. The highest BCUT2D eigenvalue weighted by atomic mass is 19.4. The summed E-state index contributed by atoms with van der Waals surface area (Å²) in [7, 11) is 3.42. The first-order valence-corrected chi connectivity index (χ1v) is 11.5. The quantitative estimate of drug-likeness (QED) is 0.424. The van der Waals surface area contributed by atoms with E-state index in [0.717, 1.165) is 41.6 Å². The van der Waals surface area contributed by atoms with Crippen LogP contribution in [-0.2, 0) is 25.7 Å². The lowest BCUT2D eigenvalue weighted by Gasteiger charge is -2.20. The fourth-order valence-corrected chi connectivity index (χ4v) is 4.56. The van der Waals surface area contributed by atoms with Crippen molar-refractivity contribution in [2.75, 3.05) is 30.9 Å². The molecule has 0 atom stereocenters. The minimum Gasteiger partial charge on any atom is -0.365 e. The molecule has 1 amide bonds. The molecule has 7 nitrogen and oxygen atoms in total. The zero-order valence-electron chi connectivity index (χ0n) is 19.9. The van der Waals surface area contributed by atoms with Crippen molar-refractivity contribution in [3.8, 4) is 0 Å². The maximum atomic E-state index is 13.6. The normalized spacial score (nSPS) is 13.4. The summed E-state index contributed by atoms with van der Waals surface area (Å²) >= 11 is 0. The summed E-state index contributed by atoms with van der Waals surface area (Å²) in [5, 5.41) is 2.63. The molecule has 1 aliphatic rings. The van der Waals surface area contributed by atoms with E-state index in [4.69, 9.17) is 0 Å². The highest BCUT2D eigenvalue weighted by Gasteiger charge is 2.34. The monoisotopic (exact) mass is 494 g/mol. The SMILES string of the molecule is CN(C)Cc1ccc(NC(=O)c2ccc3c(c2)N(Cc2cnc4cnccn24)CC3)cc1C(F)(F)F. The van der Waals surface area contributed by atoms with Gasteiger partial charge in [-0.05, 0) is 55.9 Å². The molecule has 0 saturated heterocycles. The van der Waals surface area contributed by atoms with Gasteiger partial charge in [-0.1, -0.05) is 12.1 Å². The molecule has 0 bridgehead atoms. The van der Waals surface area contributed by atoms with Crippen molar-refractivity contribution in [3.63, 3.8) is 0 Å². The number of nitrogens with zero attached hydrogens (tertiary/aromatic N) is 5. The van der Waals surface area contributed by atoms with E-state index in [-0.39, 0.29) is 17.8 Å². The second-order valence-corrected chi connectivity index (χ2v) is 9.13. The number of hydrogen-bond donors (Lipinski definition) is 1. The van der Waals surface area contributed by atoms with Gasteiger partial charge in [0.2, 0.25) is 0 Å². The van der Waals surface area contributed by atoms with E-state index in [0.29, 0.717) is 12.1 Å². The molecule has 0 unspecified atom stereocenters. The van der Waals surface area contributed by atoms with Crippen LogP contribution in [-0.4, -0.2) is 45.8 Å². The van der Waals surface area contributed by atoms with Gasteiger partial charge in [0.25, 0.3) is 5.91 Å². The third-order valence-corrected chi connectivity index (χ3v) is 6.25. The maximum Gasteiger partial charge on any atom is 0.416 e. The number of halogens is 3. The van der Waals surface area contributed by atoms with E-state index < -0.39 is 17.6 Å². The lowest BCUT2D eigenvalue weighted by Crippen LogP contribution is -2.21. The number of hydrogen-bond acceptors (Lipinski definition) is 5. The zero-order valence-corrected chi connectivity index (χ0v) is 19.9. The van der Waals surface area contributed by atoms with Crippen LogP contribution in [0.15, 0.2) is 61.2 Å². The van der Waals surface area contributed by atoms with E-state index in [9.17, 15) is 18.0 Å². The summed E-state index contributed by atoms with van der Waals surface area (Å²) in [6.07, 6.45) is 3.39. The Hall–Kier alpha value is -3.92. The van der Waals surface area contributed by atoms with Crippen molar-refractivity contribution in [2.24, 2.45) is 0 Å². The number of fused-ring (bicyclic) bond motifs is 2. The second-order valence-electron chi connectivity index (χ2n) is 9.13. The van der Waals surface area contributed by atoms with Crippen molar-refractivity contribution < 1.29 is 18.0 Å². The molecule has 186 valence electrons. The minimum atomic E-state index is -4.52. The zero-order chi connectivity index (χ0) is 25.4. The molecule has 1 aliphatic heterocycles. The van der Waals surface area contributed by atoms with Gasteiger partial charge >= 0.3 is 6.18 Å². The molecule has 2 aromatic heterocycles. The van der Waals surface area contributed by atoms with Gasteiger partial charge in [0.15, 0.2) is 5.65 Å². The van der Waals surface area contributed by atoms with Gasteiger partial charge in [0.1, 0.15) is 0 Å². The summed E-state index contributed by atoms with van der Waals surface area (Å²) in [6, 6.07) is 9.33. The molecule has 3 heterocycles. The van der Waals surface area contributed by atoms with Crippen molar-refractivity contribution >= 4 is 22.9 Å². The molecule has 0 fully saturated rings. The Kier molecular flexibility index (Phi) is 6.13. The largest absolute Gasteiger partial charge is 0.416 e. The molecule has 4 aromatic rings. The smallest absolute Gasteiger partial charge is 0.365 e. The number of imidazole rings is 1. The third kappa shape index (κ3) is 4.76. The predicted molar refractivity (Wildman–Crippen MR) is 131 cm³/mol. The Bertz CT molecular complexity index is 1430.